The number of nitrogens with two attached hydrogens (primary N) is 1. The number of anilines is 1. The number of carbonyl (C=O) groups excluding carboxylic acids is 2. The number of amides is 2. The van der Waals surface area contributed by atoms with Crippen LogP contribution in [0.4, 0.5) is 5.69 Å². The second-order valence-electron chi connectivity index (χ2n) is 4.82. The van der Waals surface area contributed by atoms with Crippen LogP contribution in [-0.4, -0.2) is 24.1 Å². The smallest absolute Gasteiger partial charge is 0.237 e. The van der Waals surface area contributed by atoms with Gasteiger partial charge in [0.05, 0.1) is 5.75 Å². The summed E-state index contributed by atoms with van der Waals surface area (Å²) in [4.78, 5) is 26.2. The molecule has 0 atom stereocenters. The van der Waals surface area contributed by atoms with Gasteiger partial charge in [0.25, 0.3) is 0 Å². The van der Waals surface area contributed by atoms with Gasteiger partial charge in [-0.25, -0.2) is 0 Å². The maximum absolute atomic E-state index is 12.6. The average Bonchev–Trinajstić information content (AvgIpc) is 2.55. The third kappa shape index (κ3) is 5.41. The Morgan fingerprint density at radius 2 is 1.70 bits per heavy atom. The van der Waals surface area contributed by atoms with Crippen LogP contribution < -0.4 is 10.6 Å². The van der Waals surface area contributed by atoms with Gasteiger partial charge < -0.3 is 10.6 Å². The third-order valence-electron chi connectivity index (χ3n) is 3.14. The zero-order valence-electron chi connectivity index (χ0n) is 12.4. The molecule has 0 aromatic heterocycles. The first-order valence-electron chi connectivity index (χ1n) is 7.09. The minimum absolute atomic E-state index is 0.0572. The monoisotopic (exact) mass is 392 g/mol. The number of halogens is 1. The van der Waals surface area contributed by atoms with E-state index in [0.29, 0.717) is 0 Å². The molecule has 0 fully saturated rings. The number of hydrogen-bond acceptors (Lipinski definition) is 3. The Balaban J connectivity index is 2.07. The van der Waals surface area contributed by atoms with Crippen LogP contribution in [0, 0.1) is 0 Å². The van der Waals surface area contributed by atoms with Crippen LogP contribution in [0.3, 0.4) is 0 Å². The topological polar surface area (TPSA) is 63.4 Å². The number of primary amides is 1. The Bertz CT molecular complexity index is 679. The lowest BCUT2D eigenvalue weighted by molar-refractivity contribution is -0.118. The summed E-state index contributed by atoms with van der Waals surface area (Å²) in [6.07, 6.45) is 0.139. The van der Waals surface area contributed by atoms with E-state index in [-0.39, 0.29) is 24.6 Å². The van der Waals surface area contributed by atoms with Crippen molar-refractivity contribution in [2.24, 2.45) is 5.73 Å². The summed E-state index contributed by atoms with van der Waals surface area (Å²) in [5.41, 5.74) is 5.99. The summed E-state index contributed by atoms with van der Waals surface area (Å²) in [7, 11) is 0. The maximum Gasteiger partial charge on any atom is 0.237 e. The van der Waals surface area contributed by atoms with E-state index < -0.39 is 5.91 Å². The van der Waals surface area contributed by atoms with Crippen LogP contribution in [-0.2, 0) is 9.59 Å². The van der Waals surface area contributed by atoms with Gasteiger partial charge in [-0.05, 0) is 40.2 Å². The van der Waals surface area contributed by atoms with Crippen LogP contribution >= 0.6 is 27.7 Å². The summed E-state index contributed by atoms with van der Waals surface area (Å²) in [5, 5.41) is 0. The molecular formula is C17H17BrN2O2S. The number of carbonyl (C=O) groups is 2. The number of hydrogen-bond donors (Lipinski definition) is 1. The molecule has 0 spiro atoms. The number of para-hydroxylation sites is 1. The number of rotatable bonds is 7. The van der Waals surface area contributed by atoms with Crippen molar-refractivity contribution < 1.29 is 9.59 Å². The first-order valence-corrected chi connectivity index (χ1v) is 8.87. The van der Waals surface area contributed by atoms with E-state index in [1.165, 1.54) is 11.8 Å². The number of nitrogens with zero attached hydrogens (tertiary/aromatic N) is 1. The molecule has 2 rings (SSSR count). The Morgan fingerprint density at radius 1 is 1.04 bits per heavy atom. The summed E-state index contributed by atoms with van der Waals surface area (Å²) in [5.74, 6) is -0.189. The summed E-state index contributed by atoms with van der Waals surface area (Å²) in [6.45, 7) is 0.286. The lowest BCUT2D eigenvalue weighted by Crippen LogP contribution is -2.35. The van der Waals surface area contributed by atoms with Gasteiger partial charge in [-0.15, -0.1) is 11.8 Å². The molecule has 4 nitrogen and oxygen atoms in total. The van der Waals surface area contributed by atoms with Gasteiger partial charge in [-0.1, -0.05) is 30.3 Å². The fourth-order valence-electron chi connectivity index (χ4n) is 2.01. The first-order chi connectivity index (χ1) is 11.1. The standard InChI is InChI=1S/C17H17BrN2O2S/c18-14-8-4-5-9-15(14)23-12-17(22)20(11-10-16(19)21)13-6-2-1-3-7-13/h1-9H,10-12H2,(H2,19,21). The second kappa shape index (κ2) is 8.74. The van der Waals surface area contributed by atoms with Gasteiger partial charge in [0.2, 0.25) is 11.8 Å². The molecule has 0 unspecified atom stereocenters. The van der Waals surface area contributed by atoms with Crippen molar-refractivity contribution in [1.29, 1.82) is 0 Å². The van der Waals surface area contributed by atoms with Crippen molar-refractivity contribution >= 4 is 45.2 Å². The van der Waals surface area contributed by atoms with Gasteiger partial charge in [0.15, 0.2) is 0 Å². The van der Waals surface area contributed by atoms with Crippen LogP contribution in [0.1, 0.15) is 6.42 Å². The fraction of sp³-hybridized carbons (Fsp3) is 0.176. The molecule has 0 aliphatic carbocycles. The van der Waals surface area contributed by atoms with E-state index in [4.69, 9.17) is 5.73 Å². The predicted molar refractivity (Wildman–Crippen MR) is 97.5 cm³/mol. The van der Waals surface area contributed by atoms with Crippen LogP contribution in [0.25, 0.3) is 0 Å². The van der Waals surface area contributed by atoms with E-state index in [0.717, 1.165) is 15.1 Å². The minimum atomic E-state index is -0.419. The highest BCUT2D eigenvalue weighted by molar-refractivity contribution is 9.10. The molecule has 2 aromatic rings. The Morgan fingerprint density at radius 3 is 2.35 bits per heavy atom. The summed E-state index contributed by atoms with van der Waals surface area (Å²) in [6, 6.07) is 17.1. The highest BCUT2D eigenvalue weighted by Crippen LogP contribution is 2.27. The van der Waals surface area contributed by atoms with Crippen molar-refractivity contribution in [2.45, 2.75) is 11.3 Å². The molecule has 0 aliphatic heterocycles. The summed E-state index contributed by atoms with van der Waals surface area (Å²) < 4.78 is 0.959. The molecular weight excluding hydrogens is 376 g/mol. The second-order valence-corrected chi connectivity index (χ2v) is 6.69. The van der Waals surface area contributed by atoms with Gasteiger partial charge in [-0.2, -0.15) is 0 Å². The number of benzene rings is 2. The SMILES string of the molecule is NC(=O)CCN(C(=O)CSc1ccccc1Br)c1ccccc1. The molecule has 6 heteroatoms. The average molecular weight is 393 g/mol. The Kier molecular flexibility index (Phi) is 6.67. The molecule has 0 radical (unpaired) electrons. The van der Waals surface area contributed by atoms with Crippen molar-refractivity contribution in [3.8, 4) is 0 Å². The van der Waals surface area contributed by atoms with Crippen molar-refractivity contribution in [2.75, 3.05) is 17.2 Å². The van der Waals surface area contributed by atoms with E-state index in [9.17, 15) is 9.59 Å². The molecule has 0 heterocycles. The normalized spacial score (nSPS) is 10.3. The van der Waals surface area contributed by atoms with Crippen LogP contribution in [0.2, 0.25) is 0 Å². The van der Waals surface area contributed by atoms with Gasteiger partial charge >= 0.3 is 0 Å². The van der Waals surface area contributed by atoms with E-state index >= 15 is 0 Å². The minimum Gasteiger partial charge on any atom is -0.370 e. The third-order valence-corrected chi connectivity index (χ3v) is 5.15. The van der Waals surface area contributed by atoms with Crippen molar-refractivity contribution in [3.05, 3.63) is 59.1 Å². The maximum atomic E-state index is 12.6. The molecule has 2 amide bonds. The lowest BCUT2D eigenvalue weighted by atomic mass is 10.2. The lowest BCUT2D eigenvalue weighted by Gasteiger charge is -2.22. The quantitative estimate of drug-likeness (QED) is 0.733. The molecule has 120 valence electrons. The predicted octanol–water partition coefficient (Wildman–Crippen LogP) is 3.45. The molecule has 2 N–H and O–H groups in total. The zero-order valence-corrected chi connectivity index (χ0v) is 14.8. The van der Waals surface area contributed by atoms with Gasteiger partial charge in [0.1, 0.15) is 0 Å². The molecule has 23 heavy (non-hydrogen) atoms. The molecule has 0 aliphatic rings. The van der Waals surface area contributed by atoms with Crippen molar-refractivity contribution in [3.63, 3.8) is 0 Å². The van der Waals surface area contributed by atoms with E-state index in [2.05, 4.69) is 15.9 Å². The fourth-order valence-corrected chi connectivity index (χ4v) is 3.45. The Labute approximate surface area is 148 Å². The molecule has 0 saturated heterocycles. The highest BCUT2D eigenvalue weighted by atomic mass is 79.9. The number of thioether (sulfide) groups is 1. The van der Waals surface area contributed by atoms with Gasteiger partial charge in [0, 0.05) is 28.0 Å². The van der Waals surface area contributed by atoms with E-state index in [1.54, 1.807) is 4.90 Å². The first kappa shape index (κ1) is 17.6. The van der Waals surface area contributed by atoms with Gasteiger partial charge in [-0.3, -0.25) is 9.59 Å². The molecule has 0 saturated carbocycles. The Hall–Kier alpha value is -1.79. The molecule has 0 bridgehead atoms. The van der Waals surface area contributed by atoms with E-state index in [1.807, 2.05) is 54.6 Å². The highest BCUT2D eigenvalue weighted by Gasteiger charge is 2.17. The summed E-state index contributed by atoms with van der Waals surface area (Å²) >= 11 is 4.93. The largest absolute Gasteiger partial charge is 0.370 e. The van der Waals surface area contributed by atoms with Crippen LogP contribution in [0.5, 0.6) is 0 Å². The van der Waals surface area contributed by atoms with Crippen molar-refractivity contribution in [1.82, 2.24) is 0 Å². The zero-order chi connectivity index (χ0) is 16.7. The molecule has 2 aromatic carbocycles. The van der Waals surface area contributed by atoms with Crippen LogP contribution in [0.15, 0.2) is 64.0 Å².